The lowest BCUT2D eigenvalue weighted by Crippen LogP contribution is -2.44. The Balaban J connectivity index is 1.27. The minimum atomic E-state index is -4.02. The number of aromatic nitrogens is 4. The number of nitrogens with zero attached hydrogens (tertiary/aromatic N) is 4. The van der Waals surface area contributed by atoms with Crippen LogP contribution in [0.1, 0.15) is 31.2 Å². The Morgan fingerprint density at radius 3 is 2.78 bits per heavy atom. The van der Waals surface area contributed by atoms with Crippen LogP contribution in [0.25, 0.3) is 11.2 Å². The van der Waals surface area contributed by atoms with E-state index in [9.17, 15) is 19.0 Å². The third-order valence-corrected chi connectivity index (χ3v) is 8.05. The summed E-state index contributed by atoms with van der Waals surface area (Å²) in [6.45, 7) is 1.11. The molecule has 200 valence electrons. The number of anilines is 1. The van der Waals surface area contributed by atoms with Crippen molar-refractivity contribution in [2.75, 3.05) is 25.2 Å². The molecule has 2 fully saturated rings. The van der Waals surface area contributed by atoms with Crippen LogP contribution in [0, 0.1) is 0 Å². The SMILES string of the molecule is CS(=O)Oc1ccc([C@@H]2CCOP(=O)(OC[C@H]3O[C@@H](n4cnc5c(N)ncnc54)[C@](C)(O)[C@@H]3O)O2)cc1. The summed E-state index contributed by atoms with van der Waals surface area (Å²) >= 11 is -1.46. The molecule has 5 rings (SSSR count). The first-order valence-electron chi connectivity index (χ1n) is 11.3. The molecule has 2 aliphatic heterocycles. The molecular weight excluding hydrogens is 529 g/mol. The Bertz CT molecular complexity index is 1350. The van der Waals surface area contributed by atoms with Crippen LogP contribution in [0.15, 0.2) is 36.9 Å². The molecule has 4 heterocycles. The first kappa shape index (κ1) is 26.1. The number of phosphoric ester groups is 1. The van der Waals surface area contributed by atoms with Crippen molar-refractivity contribution in [2.24, 2.45) is 0 Å². The van der Waals surface area contributed by atoms with E-state index >= 15 is 0 Å². The van der Waals surface area contributed by atoms with Crippen LogP contribution in [0.3, 0.4) is 0 Å². The number of imidazole rings is 1. The fourth-order valence-corrected chi connectivity index (χ4v) is 6.04. The van der Waals surface area contributed by atoms with E-state index < -0.39 is 55.7 Å². The maximum absolute atomic E-state index is 13.2. The first-order valence-corrected chi connectivity index (χ1v) is 14.2. The summed E-state index contributed by atoms with van der Waals surface area (Å²) in [6.07, 6.45) is 0.271. The molecule has 16 heteroatoms. The van der Waals surface area contributed by atoms with Gasteiger partial charge in [-0.25, -0.2) is 23.7 Å². The number of fused-ring (bicyclic) bond motifs is 1. The van der Waals surface area contributed by atoms with Gasteiger partial charge in [-0.2, -0.15) is 0 Å². The van der Waals surface area contributed by atoms with Gasteiger partial charge in [0.1, 0.15) is 35.4 Å². The topological polar surface area (TPSA) is 190 Å². The molecule has 0 spiro atoms. The number of hydrogen-bond acceptors (Lipinski definition) is 13. The fourth-order valence-electron chi connectivity index (χ4n) is 4.26. The molecule has 3 aromatic rings. The maximum Gasteiger partial charge on any atom is 0.475 e. The van der Waals surface area contributed by atoms with Crippen molar-refractivity contribution in [1.82, 2.24) is 19.5 Å². The molecule has 0 radical (unpaired) electrons. The van der Waals surface area contributed by atoms with Crippen LogP contribution in [0.5, 0.6) is 5.75 Å². The first-order chi connectivity index (χ1) is 17.6. The van der Waals surface area contributed by atoms with Gasteiger partial charge in [0.25, 0.3) is 0 Å². The number of rotatable bonds is 7. The zero-order valence-corrected chi connectivity index (χ0v) is 21.6. The van der Waals surface area contributed by atoms with E-state index in [-0.39, 0.29) is 12.4 Å². The number of aliphatic hydroxyl groups is 2. The molecule has 0 aliphatic carbocycles. The van der Waals surface area contributed by atoms with Gasteiger partial charge in [-0.1, -0.05) is 12.1 Å². The van der Waals surface area contributed by atoms with E-state index in [4.69, 9.17) is 28.2 Å². The molecule has 37 heavy (non-hydrogen) atoms. The number of hydrogen-bond donors (Lipinski definition) is 3. The van der Waals surface area contributed by atoms with Crippen LogP contribution in [-0.4, -0.2) is 71.2 Å². The number of ether oxygens (including phenoxy) is 1. The van der Waals surface area contributed by atoms with E-state index in [0.29, 0.717) is 28.9 Å². The predicted molar refractivity (Wildman–Crippen MR) is 129 cm³/mol. The summed E-state index contributed by atoms with van der Waals surface area (Å²) in [4.78, 5) is 12.2. The number of aliphatic hydroxyl groups excluding tert-OH is 1. The van der Waals surface area contributed by atoms with Crippen LogP contribution >= 0.6 is 7.82 Å². The lowest BCUT2D eigenvalue weighted by Gasteiger charge is -2.30. The molecule has 0 amide bonds. The quantitative estimate of drug-likeness (QED) is 0.355. The highest BCUT2D eigenvalue weighted by Gasteiger charge is 2.54. The lowest BCUT2D eigenvalue weighted by molar-refractivity contribution is -0.0953. The van der Waals surface area contributed by atoms with Gasteiger partial charge in [0.15, 0.2) is 17.7 Å². The lowest BCUT2D eigenvalue weighted by atomic mass is 9.96. The highest BCUT2D eigenvalue weighted by Crippen LogP contribution is 2.57. The molecule has 2 saturated heterocycles. The predicted octanol–water partition coefficient (Wildman–Crippen LogP) is 1.39. The van der Waals surface area contributed by atoms with Crippen molar-refractivity contribution < 1.29 is 41.5 Å². The van der Waals surface area contributed by atoms with Crippen molar-refractivity contribution >= 4 is 35.9 Å². The third-order valence-electron chi connectivity index (χ3n) is 6.14. The second kappa shape index (κ2) is 10.0. The van der Waals surface area contributed by atoms with Gasteiger partial charge in [0.05, 0.1) is 25.6 Å². The Labute approximate surface area is 214 Å². The molecule has 2 aromatic heterocycles. The van der Waals surface area contributed by atoms with Crippen LogP contribution in [-0.2, 0) is 34.0 Å². The van der Waals surface area contributed by atoms with Gasteiger partial charge in [-0.3, -0.25) is 18.1 Å². The van der Waals surface area contributed by atoms with Crippen molar-refractivity contribution in [3.63, 3.8) is 0 Å². The van der Waals surface area contributed by atoms with Gasteiger partial charge >= 0.3 is 7.82 Å². The summed E-state index contributed by atoms with van der Waals surface area (Å²) in [5.74, 6) is 0.577. The van der Waals surface area contributed by atoms with Gasteiger partial charge < -0.3 is 24.9 Å². The molecule has 1 aromatic carbocycles. The second-order valence-electron chi connectivity index (χ2n) is 8.79. The monoisotopic (exact) mass is 555 g/mol. The van der Waals surface area contributed by atoms with E-state index in [2.05, 4.69) is 15.0 Å². The Morgan fingerprint density at radius 2 is 2.05 bits per heavy atom. The summed E-state index contributed by atoms with van der Waals surface area (Å²) in [6, 6.07) is 6.68. The summed E-state index contributed by atoms with van der Waals surface area (Å²) in [5, 5.41) is 21.8. The number of nitrogen functional groups attached to an aromatic ring is 1. The van der Waals surface area contributed by atoms with E-state index in [0.717, 1.165) is 0 Å². The smallest absolute Gasteiger partial charge is 0.401 e. The molecule has 14 nitrogen and oxygen atoms in total. The Hall–Kier alpha value is -2.49. The third kappa shape index (κ3) is 5.13. The van der Waals surface area contributed by atoms with E-state index in [1.54, 1.807) is 24.3 Å². The minimum Gasteiger partial charge on any atom is -0.401 e. The zero-order valence-electron chi connectivity index (χ0n) is 19.9. The van der Waals surface area contributed by atoms with Crippen LogP contribution in [0.4, 0.5) is 5.82 Å². The molecular formula is C21H26N5O9PS. The summed E-state index contributed by atoms with van der Waals surface area (Å²) < 4.78 is 53.4. The minimum absolute atomic E-state index is 0.107. The van der Waals surface area contributed by atoms with Gasteiger partial charge in [0, 0.05) is 12.7 Å². The molecule has 7 atom stereocenters. The summed E-state index contributed by atoms with van der Waals surface area (Å²) in [7, 11) is -4.02. The average Bonchev–Trinajstić information content (AvgIpc) is 3.37. The molecule has 4 N–H and O–H groups in total. The second-order valence-corrected chi connectivity index (χ2v) is 11.4. The van der Waals surface area contributed by atoms with Crippen molar-refractivity contribution in [3.8, 4) is 5.75 Å². The van der Waals surface area contributed by atoms with E-state index in [1.165, 1.54) is 30.4 Å². The molecule has 0 saturated carbocycles. The highest BCUT2D eigenvalue weighted by atomic mass is 32.2. The van der Waals surface area contributed by atoms with Gasteiger partial charge in [-0.05, 0) is 24.6 Å². The zero-order chi connectivity index (χ0) is 26.4. The van der Waals surface area contributed by atoms with Crippen molar-refractivity contribution in [2.45, 2.75) is 43.5 Å². The Morgan fingerprint density at radius 1 is 1.30 bits per heavy atom. The largest absolute Gasteiger partial charge is 0.475 e. The van der Waals surface area contributed by atoms with Gasteiger partial charge in [-0.15, -0.1) is 0 Å². The maximum atomic E-state index is 13.2. The normalized spacial score (nSPS) is 33.0. The average molecular weight is 556 g/mol. The molecule has 2 unspecified atom stereocenters. The van der Waals surface area contributed by atoms with Gasteiger partial charge in [0.2, 0.25) is 11.1 Å². The Kier molecular flexibility index (Phi) is 7.06. The number of benzene rings is 1. The standard InChI is InChI=1S/C21H26N5O9PS/c1-21(28)17(27)15(33-20(21)26-11-25-16-18(22)23-10-24-19(16)26)9-32-36(29)31-8-7-14(34-36)12-3-5-13(6-4-12)35-37(2)30/h3-6,10-11,14-15,17,20,27-28H,7-9H2,1-2H3,(H2,22,23,24)/t14-,15+,17+,20+,21+,36?,37?/m0/s1. The highest BCUT2D eigenvalue weighted by molar-refractivity contribution is 7.79. The van der Waals surface area contributed by atoms with Crippen molar-refractivity contribution in [1.29, 1.82) is 0 Å². The van der Waals surface area contributed by atoms with Crippen LogP contribution < -0.4 is 9.92 Å². The van der Waals surface area contributed by atoms with Crippen LogP contribution in [0.2, 0.25) is 0 Å². The molecule has 0 bridgehead atoms. The fraction of sp³-hybridized carbons (Fsp3) is 0.476. The van der Waals surface area contributed by atoms with E-state index in [1.807, 2.05) is 0 Å². The number of phosphoric acid groups is 1. The van der Waals surface area contributed by atoms with Crippen molar-refractivity contribution in [3.05, 3.63) is 42.5 Å². The molecule has 2 aliphatic rings. The number of nitrogens with two attached hydrogens (primary N) is 1. The summed E-state index contributed by atoms with van der Waals surface area (Å²) in [5.41, 5.74) is 5.39.